The van der Waals surface area contributed by atoms with Crippen LogP contribution in [0.2, 0.25) is 0 Å². The van der Waals surface area contributed by atoms with E-state index in [-0.39, 0.29) is 17.7 Å². The highest BCUT2D eigenvalue weighted by molar-refractivity contribution is 6.10. The first kappa shape index (κ1) is 19.2. The summed E-state index contributed by atoms with van der Waals surface area (Å²) in [5.74, 6) is 0.423. The van der Waals surface area contributed by atoms with Crippen molar-refractivity contribution in [1.82, 2.24) is 19.7 Å². The van der Waals surface area contributed by atoms with Gasteiger partial charge in [-0.25, -0.2) is 0 Å². The number of para-hydroxylation sites is 1. The quantitative estimate of drug-likeness (QED) is 0.807. The van der Waals surface area contributed by atoms with Crippen molar-refractivity contribution in [2.45, 2.75) is 32.2 Å². The largest absolute Gasteiger partial charge is 0.360 e. The second kappa shape index (κ2) is 8.45. The molecule has 28 heavy (non-hydrogen) atoms. The van der Waals surface area contributed by atoms with Gasteiger partial charge < -0.3 is 9.88 Å². The number of piperidine rings is 1. The van der Waals surface area contributed by atoms with Crippen LogP contribution in [0.1, 0.15) is 36.5 Å². The van der Waals surface area contributed by atoms with Crippen LogP contribution in [0.25, 0.3) is 10.9 Å². The molecule has 3 heterocycles. The first-order chi connectivity index (χ1) is 13.6. The molecule has 2 aliphatic heterocycles. The number of aromatic nitrogens is 1. The number of nitrogens with zero attached hydrogens (tertiary/aromatic N) is 3. The number of ketones is 1. The summed E-state index contributed by atoms with van der Waals surface area (Å²) in [6.45, 7) is 7.66. The minimum absolute atomic E-state index is 0.154. The number of aromatic amines is 1. The van der Waals surface area contributed by atoms with Crippen molar-refractivity contribution in [3.05, 3.63) is 36.0 Å². The van der Waals surface area contributed by atoms with E-state index in [0.29, 0.717) is 6.54 Å². The van der Waals surface area contributed by atoms with Crippen LogP contribution in [0.5, 0.6) is 0 Å². The van der Waals surface area contributed by atoms with E-state index in [1.807, 2.05) is 42.3 Å². The van der Waals surface area contributed by atoms with Crippen LogP contribution in [0.4, 0.5) is 0 Å². The SMILES string of the molecule is CC(C(=O)c1c[nH]c2ccccc12)N1CCN(CC(=O)N2CCCCC2)CC1. The van der Waals surface area contributed by atoms with Crippen LogP contribution in [0.15, 0.2) is 30.5 Å². The number of H-pyrrole nitrogens is 1. The van der Waals surface area contributed by atoms with Gasteiger partial charge in [-0.1, -0.05) is 18.2 Å². The topological polar surface area (TPSA) is 59.7 Å². The fourth-order valence-corrected chi connectivity index (χ4v) is 4.41. The van der Waals surface area contributed by atoms with Gasteiger partial charge in [0.1, 0.15) is 0 Å². The van der Waals surface area contributed by atoms with E-state index in [1.165, 1.54) is 6.42 Å². The number of Topliss-reactive ketones (excluding diaryl/α,β-unsaturated/α-hetero) is 1. The molecule has 0 saturated carbocycles. The van der Waals surface area contributed by atoms with E-state index in [0.717, 1.165) is 68.6 Å². The number of piperazine rings is 1. The summed E-state index contributed by atoms with van der Waals surface area (Å²) in [5, 5.41) is 0.991. The molecule has 1 N–H and O–H groups in total. The molecule has 0 radical (unpaired) electrons. The number of benzene rings is 1. The van der Waals surface area contributed by atoms with E-state index < -0.39 is 0 Å². The number of rotatable bonds is 5. The van der Waals surface area contributed by atoms with Crippen molar-refractivity contribution < 1.29 is 9.59 Å². The molecule has 1 aromatic heterocycles. The lowest BCUT2D eigenvalue weighted by molar-refractivity contribution is -0.133. The smallest absolute Gasteiger partial charge is 0.236 e. The van der Waals surface area contributed by atoms with Crippen molar-refractivity contribution in [1.29, 1.82) is 0 Å². The Balaban J connectivity index is 1.31. The monoisotopic (exact) mass is 382 g/mol. The molecule has 0 aliphatic carbocycles. The molecule has 2 aromatic rings. The molecule has 2 aliphatic rings. The van der Waals surface area contributed by atoms with Gasteiger partial charge >= 0.3 is 0 Å². The highest BCUT2D eigenvalue weighted by Gasteiger charge is 2.29. The van der Waals surface area contributed by atoms with Gasteiger partial charge in [-0.2, -0.15) is 0 Å². The van der Waals surface area contributed by atoms with Gasteiger partial charge in [0.25, 0.3) is 0 Å². The van der Waals surface area contributed by atoms with Gasteiger partial charge in [0.15, 0.2) is 5.78 Å². The third-order valence-corrected chi connectivity index (χ3v) is 6.26. The molecule has 6 heteroatoms. The van der Waals surface area contributed by atoms with Crippen LogP contribution in [-0.4, -0.2) is 83.2 Å². The minimum atomic E-state index is -0.154. The average Bonchev–Trinajstić information content (AvgIpc) is 3.18. The molecule has 6 nitrogen and oxygen atoms in total. The van der Waals surface area contributed by atoms with Crippen LogP contribution in [0, 0.1) is 0 Å². The highest BCUT2D eigenvalue weighted by Crippen LogP contribution is 2.21. The highest BCUT2D eigenvalue weighted by atomic mass is 16.2. The number of nitrogens with one attached hydrogen (secondary N) is 1. The Hall–Kier alpha value is -2.18. The van der Waals surface area contributed by atoms with Gasteiger partial charge in [0.2, 0.25) is 5.91 Å². The Labute approximate surface area is 166 Å². The number of likely N-dealkylation sites (tertiary alicyclic amines) is 1. The predicted octanol–water partition coefficient (Wildman–Crippen LogP) is 2.37. The number of fused-ring (bicyclic) bond motifs is 1. The summed E-state index contributed by atoms with van der Waals surface area (Å²) in [7, 11) is 0. The fraction of sp³-hybridized carbons (Fsp3) is 0.545. The van der Waals surface area contributed by atoms with Crippen LogP contribution in [-0.2, 0) is 4.79 Å². The lowest BCUT2D eigenvalue weighted by Crippen LogP contribution is -2.54. The number of carbonyl (C=O) groups excluding carboxylic acids is 2. The van der Waals surface area contributed by atoms with Crippen molar-refractivity contribution in [2.24, 2.45) is 0 Å². The van der Waals surface area contributed by atoms with Crippen LogP contribution >= 0.6 is 0 Å². The zero-order valence-corrected chi connectivity index (χ0v) is 16.7. The summed E-state index contributed by atoms with van der Waals surface area (Å²) in [6, 6.07) is 7.78. The summed E-state index contributed by atoms with van der Waals surface area (Å²) < 4.78 is 0. The molecule has 1 amide bonds. The normalized spacial score (nSPS) is 20.4. The zero-order valence-electron chi connectivity index (χ0n) is 16.7. The Morgan fingerprint density at radius 1 is 1.00 bits per heavy atom. The molecule has 2 fully saturated rings. The average molecular weight is 383 g/mol. The lowest BCUT2D eigenvalue weighted by atomic mass is 10.0. The van der Waals surface area contributed by atoms with E-state index in [9.17, 15) is 9.59 Å². The van der Waals surface area contributed by atoms with E-state index in [2.05, 4.69) is 14.8 Å². The molecule has 1 aromatic carbocycles. The summed E-state index contributed by atoms with van der Waals surface area (Å²) in [6.07, 6.45) is 5.34. The molecule has 0 spiro atoms. The van der Waals surface area contributed by atoms with Gasteiger partial charge in [-0.3, -0.25) is 19.4 Å². The summed E-state index contributed by atoms with van der Waals surface area (Å²) >= 11 is 0. The zero-order chi connectivity index (χ0) is 19.5. The molecule has 0 bridgehead atoms. The molecule has 1 unspecified atom stereocenters. The maximum atomic E-state index is 13.0. The molecule has 2 saturated heterocycles. The number of amides is 1. The second-order valence-corrected chi connectivity index (χ2v) is 8.04. The maximum absolute atomic E-state index is 13.0. The molecule has 150 valence electrons. The lowest BCUT2D eigenvalue weighted by Gasteiger charge is -2.38. The van der Waals surface area contributed by atoms with Crippen LogP contribution in [0.3, 0.4) is 0 Å². The number of hydrogen-bond donors (Lipinski definition) is 1. The predicted molar refractivity (Wildman–Crippen MR) is 111 cm³/mol. The Morgan fingerprint density at radius 3 is 2.46 bits per heavy atom. The molecule has 1 atom stereocenters. The standard InChI is InChI=1S/C22H30N4O2/c1-17(22(28)19-15-23-20-8-4-3-7-18(19)20)25-13-11-24(12-14-25)16-21(27)26-9-5-2-6-10-26/h3-4,7-8,15,17,23H,2,5-6,9-14,16H2,1H3. The fourth-order valence-electron chi connectivity index (χ4n) is 4.41. The summed E-state index contributed by atoms with van der Waals surface area (Å²) in [5.41, 5.74) is 1.77. The first-order valence-corrected chi connectivity index (χ1v) is 10.5. The Morgan fingerprint density at radius 2 is 1.71 bits per heavy atom. The van der Waals surface area contributed by atoms with Crippen molar-refractivity contribution >= 4 is 22.6 Å². The van der Waals surface area contributed by atoms with Gasteiger partial charge in [-0.05, 0) is 32.3 Å². The molecule has 4 rings (SSSR count). The molecular formula is C22H30N4O2. The first-order valence-electron chi connectivity index (χ1n) is 10.5. The van der Waals surface area contributed by atoms with Crippen molar-refractivity contribution in [3.8, 4) is 0 Å². The maximum Gasteiger partial charge on any atom is 0.236 e. The minimum Gasteiger partial charge on any atom is -0.360 e. The number of hydrogen-bond acceptors (Lipinski definition) is 4. The van der Waals surface area contributed by atoms with Crippen molar-refractivity contribution in [3.63, 3.8) is 0 Å². The van der Waals surface area contributed by atoms with E-state index >= 15 is 0 Å². The Kier molecular flexibility index (Phi) is 5.78. The third kappa shape index (κ3) is 3.98. The summed E-state index contributed by atoms with van der Waals surface area (Å²) in [4.78, 5) is 35.2. The second-order valence-electron chi connectivity index (χ2n) is 8.04. The van der Waals surface area contributed by atoms with E-state index in [4.69, 9.17) is 0 Å². The third-order valence-electron chi connectivity index (χ3n) is 6.26. The van der Waals surface area contributed by atoms with Gasteiger partial charge in [-0.15, -0.1) is 0 Å². The van der Waals surface area contributed by atoms with Crippen molar-refractivity contribution in [2.75, 3.05) is 45.8 Å². The molecular weight excluding hydrogens is 352 g/mol. The number of carbonyl (C=O) groups is 2. The van der Waals surface area contributed by atoms with Gasteiger partial charge in [0.05, 0.1) is 12.6 Å². The van der Waals surface area contributed by atoms with Gasteiger partial charge in [0, 0.05) is 61.9 Å². The van der Waals surface area contributed by atoms with E-state index in [1.54, 1.807) is 0 Å². The Bertz CT molecular complexity index is 832. The van der Waals surface area contributed by atoms with Crippen LogP contribution < -0.4 is 0 Å².